The van der Waals surface area contributed by atoms with Crippen LogP contribution in [0.25, 0.3) is 20.7 Å². The van der Waals surface area contributed by atoms with Crippen molar-refractivity contribution in [3.05, 3.63) is 83.3 Å². The Balaban J connectivity index is 1.46. The SMILES string of the molecule is Cc1nc(Oc2ccc(Oc3ccccc3)cc2)c2c(-c3cccs3)csc2n1. The van der Waals surface area contributed by atoms with Crippen molar-refractivity contribution in [1.82, 2.24) is 9.97 Å². The normalized spacial score (nSPS) is 10.9. The third-order valence-electron chi connectivity index (χ3n) is 4.32. The lowest BCUT2D eigenvalue weighted by molar-refractivity contribution is 0.459. The van der Waals surface area contributed by atoms with Crippen LogP contribution in [0.15, 0.2) is 77.5 Å². The first-order valence-corrected chi connectivity index (χ1v) is 10.8. The lowest BCUT2D eigenvalue weighted by Crippen LogP contribution is -1.94. The van der Waals surface area contributed by atoms with E-state index in [1.54, 1.807) is 22.7 Å². The molecule has 0 unspecified atom stereocenters. The van der Waals surface area contributed by atoms with Gasteiger partial charge in [0.15, 0.2) is 0 Å². The fourth-order valence-electron chi connectivity index (χ4n) is 3.01. The molecule has 6 heteroatoms. The third-order valence-corrected chi connectivity index (χ3v) is 6.09. The Bertz CT molecular complexity index is 1250. The van der Waals surface area contributed by atoms with Gasteiger partial charge in [-0.1, -0.05) is 24.3 Å². The molecule has 0 saturated heterocycles. The second-order valence-corrected chi connectivity index (χ2v) is 8.18. The minimum Gasteiger partial charge on any atom is -0.457 e. The van der Waals surface area contributed by atoms with Gasteiger partial charge in [0.25, 0.3) is 0 Å². The molecule has 0 saturated carbocycles. The Hall–Kier alpha value is -3.22. The highest BCUT2D eigenvalue weighted by molar-refractivity contribution is 7.18. The third kappa shape index (κ3) is 3.72. The van der Waals surface area contributed by atoms with E-state index in [1.807, 2.05) is 67.6 Å². The van der Waals surface area contributed by atoms with Gasteiger partial charge in [-0.15, -0.1) is 22.7 Å². The molecule has 3 heterocycles. The van der Waals surface area contributed by atoms with Gasteiger partial charge in [0.2, 0.25) is 5.88 Å². The molecule has 0 aliphatic heterocycles. The molecule has 4 nitrogen and oxygen atoms in total. The molecule has 29 heavy (non-hydrogen) atoms. The van der Waals surface area contributed by atoms with Crippen LogP contribution in [0.4, 0.5) is 0 Å². The van der Waals surface area contributed by atoms with Gasteiger partial charge in [0, 0.05) is 15.8 Å². The zero-order valence-electron chi connectivity index (χ0n) is 15.5. The van der Waals surface area contributed by atoms with Crippen LogP contribution in [0.3, 0.4) is 0 Å². The summed E-state index contributed by atoms with van der Waals surface area (Å²) in [5.74, 6) is 3.52. The number of ether oxygens (including phenoxy) is 2. The number of rotatable bonds is 5. The first kappa shape index (κ1) is 17.8. The van der Waals surface area contributed by atoms with Crippen LogP contribution in [0.5, 0.6) is 23.1 Å². The minimum atomic E-state index is 0.578. The maximum atomic E-state index is 6.18. The van der Waals surface area contributed by atoms with Crippen LogP contribution in [-0.2, 0) is 0 Å². The predicted molar refractivity (Wildman–Crippen MR) is 118 cm³/mol. The van der Waals surface area contributed by atoms with Crippen molar-refractivity contribution in [1.29, 1.82) is 0 Å². The van der Waals surface area contributed by atoms with E-state index in [4.69, 9.17) is 9.47 Å². The molecule has 0 N–H and O–H groups in total. The molecule has 3 aromatic heterocycles. The van der Waals surface area contributed by atoms with Gasteiger partial charge in [-0.05, 0) is 54.8 Å². The maximum Gasteiger partial charge on any atom is 0.231 e. The number of fused-ring (bicyclic) bond motifs is 1. The standard InChI is InChI=1S/C23H16N2O2S2/c1-15-24-22(21-19(14-29-23(21)25-15)20-8-5-13-28-20)27-18-11-9-17(10-12-18)26-16-6-3-2-4-7-16/h2-14H,1H3. The molecule has 0 atom stereocenters. The fourth-order valence-corrected chi connectivity index (χ4v) is 4.81. The topological polar surface area (TPSA) is 44.2 Å². The zero-order valence-corrected chi connectivity index (χ0v) is 17.2. The summed E-state index contributed by atoms with van der Waals surface area (Å²) in [7, 11) is 0. The smallest absolute Gasteiger partial charge is 0.231 e. The van der Waals surface area contributed by atoms with Crippen LogP contribution >= 0.6 is 22.7 Å². The second-order valence-electron chi connectivity index (χ2n) is 6.37. The van der Waals surface area contributed by atoms with E-state index in [1.165, 1.54) is 4.88 Å². The quantitative estimate of drug-likeness (QED) is 0.301. The van der Waals surface area contributed by atoms with Crippen LogP contribution in [0, 0.1) is 6.92 Å². The Labute approximate surface area is 176 Å². The Morgan fingerprint density at radius 2 is 1.45 bits per heavy atom. The number of thiophene rings is 2. The van der Waals surface area contributed by atoms with Gasteiger partial charge in [-0.25, -0.2) is 4.98 Å². The molecule has 0 amide bonds. The van der Waals surface area contributed by atoms with Crippen molar-refractivity contribution < 1.29 is 9.47 Å². The second kappa shape index (κ2) is 7.66. The van der Waals surface area contributed by atoms with E-state index >= 15 is 0 Å². The van der Waals surface area contributed by atoms with Gasteiger partial charge in [-0.2, -0.15) is 4.98 Å². The molecular formula is C23H16N2O2S2. The summed E-state index contributed by atoms with van der Waals surface area (Å²) in [5, 5.41) is 5.14. The zero-order chi connectivity index (χ0) is 19.6. The number of aryl methyl sites for hydroxylation is 1. The average molecular weight is 417 g/mol. The van der Waals surface area contributed by atoms with E-state index < -0.39 is 0 Å². The monoisotopic (exact) mass is 416 g/mol. The Kier molecular flexibility index (Phi) is 4.71. The molecule has 0 aliphatic carbocycles. The molecule has 2 aromatic carbocycles. The molecular weight excluding hydrogens is 400 g/mol. The van der Waals surface area contributed by atoms with E-state index in [-0.39, 0.29) is 0 Å². The summed E-state index contributed by atoms with van der Waals surface area (Å²) in [6.45, 7) is 1.88. The largest absolute Gasteiger partial charge is 0.457 e. The van der Waals surface area contributed by atoms with Crippen LogP contribution in [-0.4, -0.2) is 9.97 Å². The number of hydrogen-bond acceptors (Lipinski definition) is 6. The van der Waals surface area contributed by atoms with Crippen molar-refractivity contribution in [2.45, 2.75) is 6.92 Å². The molecule has 0 bridgehead atoms. The summed E-state index contributed by atoms with van der Waals surface area (Å²) < 4.78 is 12.0. The van der Waals surface area contributed by atoms with Crippen LogP contribution < -0.4 is 9.47 Å². The van der Waals surface area contributed by atoms with Gasteiger partial charge in [-0.3, -0.25) is 0 Å². The minimum absolute atomic E-state index is 0.578. The number of hydrogen-bond donors (Lipinski definition) is 0. The highest BCUT2D eigenvalue weighted by Gasteiger charge is 2.16. The van der Waals surface area contributed by atoms with Crippen molar-refractivity contribution in [2.75, 3.05) is 0 Å². The predicted octanol–water partition coefficient (Wildman–Crippen LogP) is 7.31. The van der Waals surface area contributed by atoms with Gasteiger partial charge in [0.05, 0.1) is 5.39 Å². The first-order chi connectivity index (χ1) is 14.3. The van der Waals surface area contributed by atoms with Crippen LogP contribution in [0.2, 0.25) is 0 Å². The molecule has 0 radical (unpaired) electrons. The molecule has 5 rings (SSSR count). The molecule has 5 aromatic rings. The highest BCUT2D eigenvalue weighted by Crippen LogP contribution is 2.41. The molecule has 0 aliphatic rings. The molecule has 0 fully saturated rings. The fraction of sp³-hybridized carbons (Fsp3) is 0.0435. The highest BCUT2D eigenvalue weighted by atomic mass is 32.1. The van der Waals surface area contributed by atoms with E-state index in [2.05, 4.69) is 26.8 Å². The average Bonchev–Trinajstić information content (AvgIpc) is 3.40. The summed E-state index contributed by atoms with van der Waals surface area (Å²) in [6.07, 6.45) is 0. The number of para-hydroxylation sites is 1. The van der Waals surface area contributed by atoms with Crippen molar-refractivity contribution in [3.63, 3.8) is 0 Å². The van der Waals surface area contributed by atoms with Crippen LogP contribution in [0.1, 0.15) is 5.82 Å². The van der Waals surface area contributed by atoms with Crippen molar-refractivity contribution >= 4 is 32.9 Å². The van der Waals surface area contributed by atoms with Crippen molar-refractivity contribution in [2.24, 2.45) is 0 Å². The van der Waals surface area contributed by atoms with Gasteiger partial charge < -0.3 is 9.47 Å². The lowest BCUT2D eigenvalue weighted by atomic mass is 10.2. The molecule has 0 spiro atoms. The summed E-state index contributed by atoms with van der Waals surface area (Å²) in [6, 6.07) is 21.4. The maximum absolute atomic E-state index is 6.18. The number of aromatic nitrogens is 2. The van der Waals surface area contributed by atoms with E-state index in [0.29, 0.717) is 17.5 Å². The van der Waals surface area contributed by atoms with Crippen molar-refractivity contribution in [3.8, 4) is 33.6 Å². The number of nitrogens with zero attached hydrogens (tertiary/aromatic N) is 2. The summed E-state index contributed by atoms with van der Waals surface area (Å²) in [5.41, 5.74) is 1.11. The lowest BCUT2D eigenvalue weighted by Gasteiger charge is -2.09. The molecule has 142 valence electrons. The van der Waals surface area contributed by atoms with E-state index in [0.717, 1.165) is 27.3 Å². The van der Waals surface area contributed by atoms with Gasteiger partial charge in [0.1, 0.15) is 27.9 Å². The van der Waals surface area contributed by atoms with E-state index in [9.17, 15) is 0 Å². The number of benzene rings is 2. The Morgan fingerprint density at radius 3 is 2.17 bits per heavy atom. The first-order valence-electron chi connectivity index (χ1n) is 9.07. The summed E-state index contributed by atoms with van der Waals surface area (Å²) in [4.78, 5) is 11.3. The Morgan fingerprint density at radius 1 is 0.724 bits per heavy atom. The van der Waals surface area contributed by atoms with Gasteiger partial charge >= 0.3 is 0 Å². The summed E-state index contributed by atoms with van der Waals surface area (Å²) >= 11 is 3.31.